The van der Waals surface area contributed by atoms with Gasteiger partial charge in [-0.25, -0.2) is 0 Å². The van der Waals surface area contributed by atoms with Crippen molar-refractivity contribution >= 4 is 291 Å². The van der Waals surface area contributed by atoms with E-state index in [1.165, 1.54) is 141 Å². The molecule has 0 aromatic heterocycles. The molecule has 304 valence electrons. The molecule has 5 aliphatic rings. The van der Waals surface area contributed by atoms with Crippen LogP contribution in [0.3, 0.4) is 0 Å². The fourth-order valence-electron chi connectivity index (χ4n) is 26.7. The first-order valence-electron chi connectivity index (χ1n) is 28.3. The number of rotatable bonds is 2. The van der Waals surface area contributed by atoms with Gasteiger partial charge in [0.25, 0.3) is 0 Å². The predicted molar refractivity (Wildman–Crippen MR) is 303 cm³/mol. The Kier molecular flexibility index (Phi) is 2.15. The molecular formula is C71H14O. The molecule has 1 nitrogen and oxygen atoms in total. The quantitative estimate of drug-likeness (QED) is 0.157. The van der Waals surface area contributed by atoms with Crippen LogP contribution in [-0.2, 0) is 10.8 Å². The van der Waals surface area contributed by atoms with Crippen LogP contribution in [0.4, 0.5) is 0 Å². The minimum atomic E-state index is -2.33. The van der Waals surface area contributed by atoms with Crippen LogP contribution >= 0.6 is 0 Å². The van der Waals surface area contributed by atoms with Gasteiger partial charge >= 0.3 is 0 Å². The Morgan fingerprint density at radius 1 is 0.292 bits per heavy atom. The average Bonchev–Trinajstić information content (AvgIpc) is 1.97. The van der Waals surface area contributed by atoms with E-state index in [0.717, 1.165) is 11.3 Å². The van der Waals surface area contributed by atoms with E-state index >= 15 is 0 Å². The molecule has 0 bridgehead atoms. The highest BCUT2D eigenvalue weighted by atomic mass is 16.5. The second-order valence-corrected chi connectivity index (χ2v) is 26.7. The molecule has 5 aliphatic carbocycles. The Labute approximate surface area is 398 Å². The normalized spacial score (nSPS) is 26.0. The zero-order valence-corrected chi connectivity index (χ0v) is 37.3. The number of hydrogen-bond donors (Lipinski definition) is 0. The van der Waals surface area contributed by atoms with Crippen molar-refractivity contribution in [1.82, 2.24) is 0 Å². The van der Waals surface area contributed by atoms with Crippen molar-refractivity contribution in [3.63, 3.8) is 0 Å². The molecule has 1 fully saturated rings. The van der Waals surface area contributed by atoms with Crippen molar-refractivity contribution in [3.8, 4) is 5.75 Å². The molecule has 1 saturated carbocycles. The van der Waals surface area contributed by atoms with E-state index < -0.39 is 23.1 Å². The predicted octanol–water partition coefficient (Wildman–Crippen LogP) is 19.1. The van der Waals surface area contributed by atoms with Crippen LogP contribution in [0.25, 0.3) is 291 Å². The molecule has 29 aromatic carbocycles. The molecular weight excluding hydrogens is 869 g/mol. The second kappa shape index (κ2) is 6.06. The van der Waals surface area contributed by atoms with Gasteiger partial charge in [-0.05, 0) is 336 Å². The minimum Gasteiger partial charge on any atom is -0.497 e. The van der Waals surface area contributed by atoms with Crippen LogP contribution in [0.15, 0.2) is 24.3 Å². The van der Waals surface area contributed by atoms with Crippen molar-refractivity contribution < 1.29 is 8.85 Å². The fourth-order valence-corrected chi connectivity index (χ4v) is 26.7. The van der Waals surface area contributed by atoms with E-state index in [-0.39, 0.29) is 5.92 Å². The first-order chi connectivity index (χ1) is 36.9. The standard InChI is InChI=1S/C71H14O/c1-69(2)68(8-4-6-9(72-3)7-5-8)70-64-56-48-38-28-20-12-10-11-14-18-16(12)24-32-26(18)36-30-22(14)23-15(11)19-17-13(10)21(20)29-35-25(17)33-27(19)37-31(23)41-40(30)52-46(36)54-44(32)50(42(48)34(24)28)58(64)60(54)66-62(52)63-53(41)47(37)55-45(33)51-43(35)49(39(29)38)57(56)65(70)59(51)61(55)67(63)71(66,69)70/h4-7,68H,1-3H3/t68-,70?,71?/m0/s1/i1D3/t68-,69+,70?,71?. The molecule has 0 unspecified atom stereocenters. The first-order valence-corrected chi connectivity index (χ1v) is 26.8. The topological polar surface area (TPSA) is 9.23 Å². The van der Waals surface area contributed by atoms with Gasteiger partial charge in [-0.2, -0.15) is 0 Å². The lowest BCUT2D eigenvalue weighted by molar-refractivity contribution is -0.0571. The van der Waals surface area contributed by atoms with Crippen LogP contribution < -0.4 is 4.74 Å². The number of benzene rings is 19. The Bertz CT molecular complexity index is 7420. The molecule has 0 aliphatic heterocycles. The molecule has 1 heteroatoms. The summed E-state index contributed by atoms with van der Waals surface area (Å²) < 4.78 is 37.8. The summed E-state index contributed by atoms with van der Waals surface area (Å²) in [5.74, 6) is 0.487. The molecule has 29 aromatic rings. The highest BCUT2D eigenvalue weighted by molar-refractivity contribution is 6.82. The van der Waals surface area contributed by atoms with E-state index in [0.29, 0.717) is 0 Å². The molecule has 0 heterocycles. The smallest absolute Gasteiger partial charge is 0.118 e. The zero-order chi connectivity index (χ0) is 45.8. The minimum absolute atomic E-state index is 0.334. The fraction of sp³-hybridized carbons (Fsp3) is 0.0986. The highest BCUT2D eigenvalue weighted by Gasteiger charge is 2.85. The van der Waals surface area contributed by atoms with Gasteiger partial charge < -0.3 is 4.74 Å². The lowest BCUT2D eigenvalue weighted by Gasteiger charge is -2.76. The summed E-state index contributed by atoms with van der Waals surface area (Å²) in [5, 5.41) is 83.6. The Morgan fingerprint density at radius 3 is 0.681 bits per heavy atom. The van der Waals surface area contributed by atoms with Crippen molar-refractivity contribution in [3.05, 3.63) is 52.1 Å². The summed E-state index contributed by atoms with van der Waals surface area (Å²) in [7, 11) is 1.76. The summed E-state index contributed by atoms with van der Waals surface area (Å²) in [6, 6.07) is 8.88. The van der Waals surface area contributed by atoms with E-state index in [1.54, 1.807) is 179 Å². The monoisotopic (exact) mass is 885 g/mol. The van der Waals surface area contributed by atoms with Crippen molar-refractivity contribution in [1.29, 1.82) is 0 Å². The maximum absolute atomic E-state index is 10.6. The van der Waals surface area contributed by atoms with Crippen LogP contribution in [0, 0.1) is 5.41 Å². The van der Waals surface area contributed by atoms with Gasteiger partial charge in [0.1, 0.15) is 5.75 Å². The summed E-state index contributed by atoms with van der Waals surface area (Å²) in [6.07, 6.45) is 0. The van der Waals surface area contributed by atoms with Gasteiger partial charge in [0.2, 0.25) is 0 Å². The van der Waals surface area contributed by atoms with Crippen LogP contribution in [0.2, 0.25) is 0 Å². The van der Waals surface area contributed by atoms with Crippen LogP contribution in [0.1, 0.15) is 51.6 Å². The van der Waals surface area contributed by atoms with Gasteiger partial charge in [-0.3, -0.25) is 0 Å². The zero-order valence-electron chi connectivity index (χ0n) is 40.3. The van der Waals surface area contributed by atoms with E-state index in [1.807, 2.05) is 0 Å². The maximum atomic E-state index is 10.6. The van der Waals surface area contributed by atoms with Gasteiger partial charge in [0, 0.05) is 20.9 Å². The van der Waals surface area contributed by atoms with E-state index in [2.05, 4.69) is 31.2 Å². The summed E-state index contributed by atoms with van der Waals surface area (Å²) in [6.45, 7) is -0.0175. The van der Waals surface area contributed by atoms with E-state index in [4.69, 9.17) is 4.74 Å². The molecule has 2 atom stereocenters. The third kappa shape index (κ3) is 1.40. The van der Waals surface area contributed by atoms with Crippen LogP contribution in [0.5, 0.6) is 5.75 Å². The van der Waals surface area contributed by atoms with Crippen molar-refractivity contribution in [2.24, 2.45) is 5.41 Å². The lowest BCUT2D eigenvalue weighted by atomic mass is 9.24. The average molecular weight is 886 g/mol. The maximum Gasteiger partial charge on any atom is 0.118 e. The molecule has 0 saturated heterocycles. The Hall–Kier alpha value is -8.52. The van der Waals surface area contributed by atoms with Gasteiger partial charge in [-0.15, -0.1) is 0 Å². The molecule has 0 radical (unpaired) electrons. The highest BCUT2D eigenvalue weighted by Crippen LogP contribution is 2.93. The van der Waals surface area contributed by atoms with Gasteiger partial charge in [0.05, 0.1) is 7.11 Å². The van der Waals surface area contributed by atoms with Crippen molar-refractivity contribution in [2.75, 3.05) is 7.11 Å². The van der Waals surface area contributed by atoms with Crippen molar-refractivity contribution in [2.45, 2.75) is 30.5 Å². The first kappa shape index (κ1) is 25.6. The molecule has 34 rings (SSSR count). The Balaban J connectivity index is 1.14. The number of methoxy groups -OCH3 is 1. The second-order valence-electron chi connectivity index (χ2n) is 26.7. The molecule has 72 heavy (non-hydrogen) atoms. The Morgan fingerprint density at radius 2 is 0.486 bits per heavy atom. The van der Waals surface area contributed by atoms with E-state index in [9.17, 15) is 4.11 Å². The largest absolute Gasteiger partial charge is 0.497 e. The third-order valence-electron chi connectivity index (χ3n) is 26.6. The SMILES string of the molecule is [2H]C([2H])([2H])[C@@]1(C)[C@H](c2ccc(OC)cc2)C23c4c5c6c7c8c9c(c%10c%11c2c2c4c4c%12c5c5c6c6c8c8c%13c9c9c%10c%10c%11c%11c2c2c4c4c%12c%12c5c5c6c8c6c8c%13c9c9c%10c%10c%11c2c2c4c4c%12c5c6c5c8c9c%10c2c45)C731. The summed E-state index contributed by atoms with van der Waals surface area (Å²) >= 11 is 0. The third-order valence-corrected chi connectivity index (χ3v) is 26.6. The number of hydrogen-bond acceptors (Lipinski definition) is 1. The molecule has 0 amide bonds. The summed E-state index contributed by atoms with van der Waals surface area (Å²) in [5.41, 5.74) is 4.36. The van der Waals surface area contributed by atoms with Crippen LogP contribution in [-0.4, -0.2) is 7.11 Å². The number of ether oxygens (including phenoxy) is 1. The van der Waals surface area contributed by atoms with Gasteiger partial charge in [0.15, 0.2) is 0 Å². The van der Waals surface area contributed by atoms with Gasteiger partial charge in [-0.1, -0.05) is 25.9 Å². The lowest BCUT2D eigenvalue weighted by Crippen LogP contribution is -2.75. The summed E-state index contributed by atoms with van der Waals surface area (Å²) in [4.78, 5) is 0. The molecule has 0 N–H and O–H groups in total. The molecule has 2 spiro atoms.